The van der Waals surface area contributed by atoms with E-state index < -0.39 is 0 Å². The third kappa shape index (κ3) is 4.02. The summed E-state index contributed by atoms with van der Waals surface area (Å²) in [5.74, 6) is -0.0330. The number of carbonyl (C=O) groups is 1. The highest BCUT2D eigenvalue weighted by atomic mass is 16.5. The summed E-state index contributed by atoms with van der Waals surface area (Å²) in [6, 6.07) is 7.95. The fourth-order valence-corrected chi connectivity index (χ4v) is 3.42. The van der Waals surface area contributed by atoms with Crippen LogP contribution in [0.15, 0.2) is 24.3 Å². The minimum absolute atomic E-state index is 0.0330. The fraction of sp³-hybridized carbons (Fsp3) is 0.474. The second-order valence-electron chi connectivity index (χ2n) is 6.82. The lowest BCUT2D eigenvalue weighted by molar-refractivity contribution is -0.115. The molecule has 2 atom stereocenters. The van der Waals surface area contributed by atoms with E-state index in [1.165, 1.54) is 0 Å². The van der Waals surface area contributed by atoms with E-state index in [0.717, 1.165) is 41.4 Å². The molecule has 1 amide bonds. The van der Waals surface area contributed by atoms with Crippen LogP contribution in [0, 0.1) is 13.8 Å². The van der Waals surface area contributed by atoms with Crippen molar-refractivity contribution in [2.45, 2.75) is 46.3 Å². The molecule has 0 saturated carbocycles. The number of anilines is 2. The van der Waals surface area contributed by atoms with Gasteiger partial charge in [-0.3, -0.25) is 9.89 Å². The van der Waals surface area contributed by atoms with Crippen LogP contribution in [-0.2, 0) is 16.0 Å². The molecule has 0 bridgehead atoms. The third-order valence-electron chi connectivity index (χ3n) is 4.56. The predicted molar refractivity (Wildman–Crippen MR) is 99.1 cm³/mol. The Kier molecular flexibility index (Phi) is 5.08. The number of nitrogens with one attached hydrogen (secondary N) is 2. The molecule has 3 rings (SSSR count). The summed E-state index contributed by atoms with van der Waals surface area (Å²) in [6.07, 6.45) is 0.658. The molecule has 2 aromatic rings. The lowest BCUT2D eigenvalue weighted by atomic mass is 10.1. The van der Waals surface area contributed by atoms with Crippen molar-refractivity contribution in [1.82, 2.24) is 10.2 Å². The maximum atomic E-state index is 12.6. The fourth-order valence-electron chi connectivity index (χ4n) is 3.42. The van der Waals surface area contributed by atoms with Crippen molar-refractivity contribution in [3.05, 3.63) is 41.2 Å². The average molecular weight is 342 g/mol. The molecule has 25 heavy (non-hydrogen) atoms. The lowest BCUT2D eigenvalue weighted by Crippen LogP contribution is -2.45. The second-order valence-corrected chi connectivity index (χ2v) is 6.82. The van der Waals surface area contributed by atoms with Gasteiger partial charge in [-0.1, -0.05) is 12.1 Å². The summed E-state index contributed by atoms with van der Waals surface area (Å²) < 4.78 is 5.82. The molecule has 1 fully saturated rings. The van der Waals surface area contributed by atoms with Gasteiger partial charge in [0, 0.05) is 24.3 Å². The van der Waals surface area contributed by atoms with Crippen molar-refractivity contribution in [3.63, 3.8) is 0 Å². The molecule has 0 radical (unpaired) electrons. The summed E-state index contributed by atoms with van der Waals surface area (Å²) in [5, 5.41) is 10.2. The number of amides is 1. The molecule has 2 heterocycles. The van der Waals surface area contributed by atoms with Crippen molar-refractivity contribution in [2.75, 3.05) is 23.3 Å². The first-order valence-corrected chi connectivity index (χ1v) is 8.73. The number of hydrogen-bond donors (Lipinski definition) is 2. The summed E-state index contributed by atoms with van der Waals surface area (Å²) in [5.41, 5.74) is 4.66. The van der Waals surface area contributed by atoms with Crippen molar-refractivity contribution in [2.24, 2.45) is 0 Å². The van der Waals surface area contributed by atoms with Crippen LogP contribution in [0.25, 0.3) is 0 Å². The topological polar surface area (TPSA) is 70.2 Å². The van der Waals surface area contributed by atoms with Gasteiger partial charge in [-0.15, -0.1) is 0 Å². The van der Waals surface area contributed by atoms with Crippen molar-refractivity contribution >= 4 is 17.3 Å². The number of carbonyl (C=O) groups excluding carboxylic acids is 1. The van der Waals surface area contributed by atoms with Gasteiger partial charge in [0.2, 0.25) is 5.91 Å². The van der Waals surface area contributed by atoms with Crippen LogP contribution in [0.4, 0.5) is 11.4 Å². The second kappa shape index (κ2) is 7.27. The highest BCUT2D eigenvalue weighted by Crippen LogP contribution is 2.28. The zero-order valence-electron chi connectivity index (χ0n) is 15.3. The molecule has 134 valence electrons. The van der Waals surface area contributed by atoms with Crippen LogP contribution in [0.3, 0.4) is 0 Å². The first-order valence-electron chi connectivity index (χ1n) is 8.73. The molecule has 1 aromatic carbocycles. The van der Waals surface area contributed by atoms with E-state index in [1.54, 1.807) is 0 Å². The lowest BCUT2D eigenvalue weighted by Gasteiger charge is -2.37. The van der Waals surface area contributed by atoms with Crippen LogP contribution in [0.5, 0.6) is 0 Å². The van der Waals surface area contributed by atoms with Gasteiger partial charge in [-0.05, 0) is 39.8 Å². The quantitative estimate of drug-likeness (QED) is 0.896. The van der Waals surface area contributed by atoms with E-state index in [0.29, 0.717) is 6.42 Å². The Balaban J connectivity index is 1.76. The smallest absolute Gasteiger partial charge is 0.228 e. The number of morpholine rings is 1. The number of rotatable bonds is 4. The monoisotopic (exact) mass is 342 g/mol. The highest BCUT2D eigenvalue weighted by molar-refractivity contribution is 5.95. The summed E-state index contributed by atoms with van der Waals surface area (Å²) >= 11 is 0. The van der Waals surface area contributed by atoms with Crippen LogP contribution >= 0.6 is 0 Å². The Hall–Kier alpha value is -2.34. The number of benzene rings is 1. The molecule has 1 aliphatic heterocycles. The zero-order valence-corrected chi connectivity index (χ0v) is 15.3. The van der Waals surface area contributed by atoms with Gasteiger partial charge in [-0.25, -0.2) is 0 Å². The molecule has 1 saturated heterocycles. The van der Waals surface area contributed by atoms with Gasteiger partial charge in [0.05, 0.1) is 35.7 Å². The van der Waals surface area contributed by atoms with Crippen molar-refractivity contribution in [1.29, 1.82) is 0 Å². The van der Waals surface area contributed by atoms with E-state index in [2.05, 4.69) is 40.3 Å². The Morgan fingerprint density at radius 2 is 1.96 bits per heavy atom. The first kappa shape index (κ1) is 17.5. The minimum atomic E-state index is -0.0330. The molecular formula is C19H26N4O2. The third-order valence-corrected chi connectivity index (χ3v) is 4.56. The highest BCUT2D eigenvalue weighted by Gasteiger charge is 2.24. The van der Waals surface area contributed by atoms with Gasteiger partial charge in [0.25, 0.3) is 0 Å². The summed E-state index contributed by atoms with van der Waals surface area (Å²) in [4.78, 5) is 14.8. The van der Waals surface area contributed by atoms with E-state index in [9.17, 15) is 4.79 Å². The van der Waals surface area contributed by atoms with Gasteiger partial charge in [-0.2, -0.15) is 5.10 Å². The molecule has 1 aliphatic rings. The molecule has 1 aromatic heterocycles. The number of H-pyrrole nitrogens is 1. The Morgan fingerprint density at radius 1 is 1.28 bits per heavy atom. The van der Waals surface area contributed by atoms with E-state index >= 15 is 0 Å². The van der Waals surface area contributed by atoms with E-state index in [1.807, 2.05) is 32.0 Å². The van der Waals surface area contributed by atoms with Gasteiger partial charge >= 0.3 is 0 Å². The van der Waals surface area contributed by atoms with E-state index in [-0.39, 0.29) is 18.1 Å². The number of nitrogens with zero attached hydrogens (tertiary/aromatic N) is 2. The van der Waals surface area contributed by atoms with Crippen LogP contribution in [-0.4, -0.2) is 41.4 Å². The molecule has 0 aliphatic carbocycles. The number of ether oxygens (including phenoxy) is 1. The summed E-state index contributed by atoms with van der Waals surface area (Å²) in [6.45, 7) is 9.64. The normalized spacial score (nSPS) is 20.6. The van der Waals surface area contributed by atoms with Crippen molar-refractivity contribution < 1.29 is 9.53 Å². The van der Waals surface area contributed by atoms with Gasteiger partial charge < -0.3 is 15.0 Å². The maximum absolute atomic E-state index is 12.6. The zero-order chi connectivity index (χ0) is 18.0. The van der Waals surface area contributed by atoms with Gasteiger partial charge in [0.1, 0.15) is 0 Å². The Morgan fingerprint density at radius 3 is 2.60 bits per heavy atom. The average Bonchev–Trinajstić information content (AvgIpc) is 2.86. The predicted octanol–water partition coefficient (Wildman–Crippen LogP) is 2.82. The molecule has 6 nitrogen and oxygen atoms in total. The van der Waals surface area contributed by atoms with Crippen molar-refractivity contribution in [3.8, 4) is 0 Å². The number of hydrogen-bond acceptors (Lipinski definition) is 4. The molecule has 0 unspecified atom stereocenters. The molecule has 2 N–H and O–H groups in total. The van der Waals surface area contributed by atoms with E-state index in [4.69, 9.17) is 4.74 Å². The number of aryl methyl sites for hydroxylation is 2. The van der Waals surface area contributed by atoms with Crippen LogP contribution in [0.1, 0.15) is 30.8 Å². The molecular weight excluding hydrogens is 316 g/mol. The first-order chi connectivity index (χ1) is 11.9. The van der Waals surface area contributed by atoms with Gasteiger partial charge in [0.15, 0.2) is 0 Å². The summed E-state index contributed by atoms with van der Waals surface area (Å²) in [7, 11) is 0. The number of para-hydroxylation sites is 2. The standard InChI is InChI=1S/C19H26N4O2/c1-12-10-23(11-13(2)25-12)18-8-6-5-7-17(18)20-19(24)9-16-14(3)21-22-15(16)4/h5-8,12-13H,9-11H2,1-4H3,(H,20,24)(H,21,22)/t12-,13-/m1/s1. The number of aromatic nitrogens is 2. The van der Waals surface area contributed by atoms with Crippen LogP contribution in [0.2, 0.25) is 0 Å². The largest absolute Gasteiger partial charge is 0.372 e. The van der Waals surface area contributed by atoms with Crippen LogP contribution < -0.4 is 10.2 Å². The SMILES string of the molecule is Cc1n[nH]c(C)c1CC(=O)Nc1ccccc1N1C[C@@H](C)O[C@H](C)C1. The Bertz CT molecular complexity index is 726. The minimum Gasteiger partial charge on any atom is -0.372 e. The molecule has 0 spiro atoms. The number of aromatic amines is 1. The Labute approximate surface area is 148 Å². The maximum Gasteiger partial charge on any atom is 0.228 e. The molecule has 6 heteroatoms.